The van der Waals surface area contributed by atoms with Crippen LogP contribution in [0.4, 0.5) is 18.9 Å². The molecule has 28 heavy (non-hydrogen) atoms. The third kappa shape index (κ3) is 4.12. The van der Waals surface area contributed by atoms with Crippen molar-refractivity contribution in [2.45, 2.75) is 32.0 Å². The number of rotatable bonds is 3. The van der Waals surface area contributed by atoms with Crippen molar-refractivity contribution in [3.63, 3.8) is 0 Å². The third-order valence-electron chi connectivity index (χ3n) is 5.93. The Morgan fingerprint density at radius 2 is 1.86 bits per heavy atom. The van der Waals surface area contributed by atoms with Crippen molar-refractivity contribution < 1.29 is 13.2 Å². The molecular weight excluding hydrogens is 391 g/mol. The molecule has 0 amide bonds. The Labute approximate surface area is 167 Å². The van der Waals surface area contributed by atoms with Gasteiger partial charge in [-0.2, -0.15) is 18.3 Å². The molecule has 0 radical (unpaired) electrons. The van der Waals surface area contributed by atoms with Crippen LogP contribution >= 0.6 is 11.6 Å². The van der Waals surface area contributed by atoms with Gasteiger partial charge >= 0.3 is 6.18 Å². The average Bonchev–Trinajstić information content (AvgIpc) is 3.21. The largest absolute Gasteiger partial charge is 0.408 e. The first-order valence-corrected chi connectivity index (χ1v) is 9.80. The standard InChI is InChI=1S/C19H23ClF3N5/c1-26-5-2-18(12-26)3-6-27(7-4-18)16-8-17(20)24-10-15(16)14-9-25-28(11-14)13-19(21,22)23/h8-11H,2-7,12-13H2,1H3. The molecule has 2 aliphatic rings. The third-order valence-corrected chi connectivity index (χ3v) is 6.13. The smallest absolute Gasteiger partial charge is 0.371 e. The van der Waals surface area contributed by atoms with Crippen molar-refractivity contribution in [2.24, 2.45) is 5.41 Å². The van der Waals surface area contributed by atoms with Crippen molar-refractivity contribution in [3.8, 4) is 11.1 Å². The predicted molar refractivity (Wildman–Crippen MR) is 103 cm³/mol. The van der Waals surface area contributed by atoms with Gasteiger partial charge in [0.2, 0.25) is 0 Å². The van der Waals surface area contributed by atoms with Crippen molar-refractivity contribution in [1.29, 1.82) is 0 Å². The lowest BCUT2D eigenvalue weighted by Crippen LogP contribution is -2.41. The Kier molecular flexibility index (Phi) is 5.03. The number of aromatic nitrogens is 3. The topological polar surface area (TPSA) is 37.2 Å². The van der Waals surface area contributed by atoms with Gasteiger partial charge in [0.05, 0.1) is 6.20 Å². The van der Waals surface area contributed by atoms with Crippen molar-refractivity contribution in [1.82, 2.24) is 19.7 Å². The number of hydrogen-bond donors (Lipinski definition) is 0. The molecule has 2 aromatic heterocycles. The quantitative estimate of drug-likeness (QED) is 0.710. The fourth-order valence-corrected chi connectivity index (χ4v) is 4.62. The summed E-state index contributed by atoms with van der Waals surface area (Å²) in [5, 5.41) is 4.24. The molecule has 152 valence electrons. The summed E-state index contributed by atoms with van der Waals surface area (Å²) in [6.07, 6.45) is 3.62. The first kappa shape index (κ1) is 19.5. The average molecular weight is 414 g/mol. The highest BCUT2D eigenvalue weighted by molar-refractivity contribution is 6.29. The van der Waals surface area contributed by atoms with Gasteiger partial charge in [-0.25, -0.2) is 4.98 Å². The van der Waals surface area contributed by atoms with Crippen LogP contribution in [0, 0.1) is 5.41 Å². The molecule has 2 aromatic rings. The normalized spacial score (nSPS) is 20.2. The first-order valence-electron chi connectivity index (χ1n) is 9.42. The monoisotopic (exact) mass is 413 g/mol. The van der Waals surface area contributed by atoms with Gasteiger partial charge in [0.15, 0.2) is 0 Å². The first-order chi connectivity index (χ1) is 13.2. The Hall–Kier alpha value is -1.80. The summed E-state index contributed by atoms with van der Waals surface area (Å²) in [5.74, 6) is 0. The number of likely N-dealkylation sites (tertiary alicyclic amines) is 1. The zero-order valence-electron chi connectivity index (χ0n) is 15.7. The lowest BCUT2D eigenvalue weighted by Gasteiger charge is -2.41. The molecule has 2 aliphatic heterocycles. The molecule has 0 aromatic carbocycles. The van der Waals surface area contributed by atoms with E-state index in [-0.39, 0.29) is 0 Å². The van der Waals surface area contributed by atoms with E-state index in [9.17, 15) is 13.2 Å². The Morgan fingerprint density at radius 1 is 1.14 bits per heavy atom. The molecule has 0 saturated carbocycles. The van der Waals surface area contributed by atoms with Crippen LogP contribution in [-0.2, 0) is 6.54 Å². The minimum absolute atomic E-state index is 0.377. The number of pyridine rings is 1. The zero-order chi connectivity index (χ0) is 19.9. The van der Waals surface area contributed by atoms with E-state index in [2.05, 4.69) is 26.9 Å². The maximum Gasteiger partial charge on any atom is 0.408 e. The summed E-state index contributed by atoms with van der Waals surface area (Å²) in [5.41, 5.74) is 2.68. The fraction of sp³-hybridized carbons (Fsp3) is 0.579. The number of piperidine rings is 1. The minimum atomic E-state index is -4.31. The van der Waals surface area contributed by atoms with Gasteiger partial charge in [0.1, 0.15) is 11.7 Å². The highest BCUT2D eigenvalue weighted by Crippen LogP contribution is 2.42. The summed E-state index contributed by atoms with van der Waals surface area (Å²) in [6, 6.07) is 1.80. The van der Waals surface area contributed by atoms with Gasteiger partial charge in [-0.1, -0.05) is 11.6 Å². The van der Waals surface area contributed by atoms with E-state index in [0.29, 0.717) is 16.1 Å². The van der Waals surface area contributed by atoms with E-state index < -0.39 is 12.7 Å². The number of nitrogens with zero attached hydrogens (tertiary/aromatic N) is 5. The summed E-state index contributed by atoms with van der Waals surface area (Å²) in [7, 11) is 2.17. The second-order valence-corrected chi connectivity index (χ2v) is 8.43. The molecule has 4 rings (SSSR count). The molecule has 0 atom stereocenters. The minimum Gasteiger partial charge on any atom is -0.371 e. The second-order valence-electron chi connectivity index (χ2n) is 8.04. The lowest BCUT2D eigenvalue weighted by atomic mass is 9.77. The maximum atomic E-state index is 12.6. The number of hydrogen-bond acceptors (Lipinski definition) is 4. The number of anilines is 1. The van der Waals surface area contributed by atoms with Gasteiger partial charge in [0.25, 0.3) is 0 Å². The molecule has 2 fully saturated rings. The summed E-state index contributed by atoms with van der Waals surface area (Å²) in [4.78, 5) is 8.81. The molecule has 1 spiro atoms. The van der Waals surface area contributed by atoms with E-state index in [4.69, 9.17) is 11.6 Å². The van der Waals surface area contributed by atoms with Crippen LogP contribution in [0.1, 0.15) is 19.3 Å². The molecule has 4 heterocycles. The van der Waals surface area contributed by atoms with Gasteiger partial charge in [-0.05, 0) is 44.3 Å². The van der Waals surface area contributed by atoms with Crippen LogP contribution in [0.3, 0.4) is 0 Å². The Bertz CT molecular complexity index is 842. The molecule has 0 aliphatic carbocycles. The lowest BCUT2D eigenvalue weighted by molar-refractivity contribution is -0.142. The van der Waals surface area contributed by atoms with E-state index in [1.54, 1.807) is 12.3 Å². The van der Waals surface area contributed by atoms with Crippen LogP contribution in [0.2, 0.25) is 5.15 Å². The Balaban J connectivity index is 1.56. The van der Waals surface area contributed by atoms with Crippen molar-refractivity contribution >= 4 is 17.3 Å². The van der Waals surface area contributed by atoms with Crippen LogP contribution in [0.15, 0.2) is 24.7 Å². The molecule has 0 bridgehead atoms. The molecular formula is C19H23ClF3N5. The fourth-order valence-electron chi connectivity index (χ4n) is 4.47. The van der Waals surface area contributed by atoms with Gasteiger partial charge in [0, 0.05) is 48.8 Å². The SMILES string of the molecule is CN1CCC2(CCN(c3cc(Cl)ncc3-c3cnn(CC(F)(F)F)c3)CC2)C1. The number of alkyl halides is 3. The Morgan fingerprint density at radius 3 is 2.50 bits per heavy atom. The number of halogens is 4. The van der Waals surface area contributed by atoms with Crippen LogP contribution in [-0.4, -0.2) is 59.1 Å². The predicted octanol–water partition coefficient (Wildman–Crippen LogP) is 4.08. The van der Waals surface area contributed by atoms with Crippen LogP contribution in [0.5, 0.6) is 0 Å². The van der Waals surface area contributed by atoms with Crippen molar-refractivity contribution in [3.05, 3.63) is 29.8 Å². The van der Waals surface area contributed by atoms with Crippen molar-refractivity contribution in [2.75, 3.05) is 38.1 Å². The van der Waals surface area contributed by atoms with Gasteiger partial charge in [-0.3, -0.25) is 4.68 Å². The van der Waals surface area contributed by atoms with Crippen LogP contribution < -0.4 is 4.90 Å². The molecule has 5 nitrogen and oxygen atoms in total. The molecule has 9 heteroatoms. The molecule has 0 N–H and O–H groups in total. The van der Waals surface area contributed by atoms with Crippen LogP contribution in [0.25, 0.3) is 11.1 Å². The highest BCUT2D eigenvalue weighted by Gasteiger charge is 2.39. The van der Waals surface area contributed by atoms with Gasteiger partial charge < -0.3 is 9.80 Å². The van der Waals surface area contributed by atoms with E-state index in [1.165, 1.54) is 18.8 Å². The van der Waals surface area contributed by atoms with E-state index in [1.807, 2.05) is 0 Å². The van der Waals surface area contributed by atoms with Gasteiger partial charge in [-0.15, -0.1) is 0 Å². The summed E-state index contributed by atoms with van der Waals surface area (Å²) >= 11 is 6.14. The molecule has 0 unspecified atom stereocenters. The maximum absolute atomic E-state index is 12.6. The van der Waals surface area contributed by atoms with E-state index >= 15 is 0 Å². The van der Waals surface area contributed by atoms with E-state index in [0.717, 1.165) is 55.0 Å². The second kappa shape index (κ2) is 7.22. The summed E-state index contributed by atoms with van der Waals surface area (Å²) < 4.78 is 38.8. The molecule has 2 saturated heterocycles. The highest BCUT2D eigenvalue weighted by atomic mass is 35.5. The summed E-state index contributed by atoms with van der Waals surface area (Å²) in [6.45, 7) is 2.97. The zero-order valence-corrected chi connectivity index (χ0v) is 16.5.